The molecular weight excluding hydrogens is 360 g/mol. The van der Waals surface area contributed by atoms with Gasteiger partial charge in [-0.2, -0.15) is 0 Å². The van der Waals surface area contributed by atoms with E-state index in [1.165, 1.54) is 24.0 Å². The highest BCUT2D eigenvalue weighted by molar-refractivity contribution is 5.57. The molecule has 1 aliphatic heterocycles. The predicted octanol–water partition coefficient (Wildman–Crippen LogP) is 3.69. The van der Waals surface area contributed by atoms with Crippen LogP contribution in [0, 0.1) is 5.92 Å². The van der Waals surface area contributed by atoms with Gasteiger partial charge in [-0.15, -0.1) is 0 Å². The van der Waals surface area contributed by atoms with Crippen LogP contribution in [0.2, 0.25) is 0 Å². The van der Waals surface area contributed by atoms with E-state index in [2.05, 4.69) is 74.6 Å². The molecule has 6 nitrogen and oxygen atoms in total. The molecule has 0 radical (unpaired) electrons. The van der Waals surface area contributed by atoms with Crippen LogP contribution in [0.3, 0.4) is 0 Å². The average molecular weight is 391 g/mol. The van der Waals surface area contributed by atoms with Crippen LogP contribution in [0.1, 0.15) is 30.9 Å². The van der Waals surface area contributed by atoms with Gasteiger partial charge in [0.1, 0.15) is 0 Å². The van der Waals surface area contributed by atoms with Gasteiger partial charge in [-0.05, 0) is 44.0 Å². The van der Waals surface area contributed by atoms with E-state index in [1.807, 2.05) is 24.9 Å². The first kappa shape index (κ1) is 19.6. The Hall–Kier alpha value is -2.73. The largest absolute Gasteiger partial charge is 0.341 e. The van der Waals surface area contributed by atoms with Crippen LogP contribution in [-0.2, 0) is 13.1 Å². The molecule has 29 heavy (non-hydrogen) atoms. The molecule has 0 spiro atoms. The van der Waals surface area contributed by atoms with Gasteiger partial charge in [-0.3, -0.25) is 0 Å². The minimum absolute atomic E-state index is 0.704. The molecule has 152 valence electrons. The number of anilines is 1. The van der Waals surface area contributed by atoms with Gasteiger partial charge in [0.05, 0.1) is 18.2 Å². The van der Waals surface area contributed by atoms with E-state index >= 15 is 0 Å². The average Bonchev–Trinajstić information content (AvgIpc) is 3.17. The fourth-order valence-corrected chi connectivity index (χ4v) is 4.07. The summed E-state index contributed by atoms with van der Waals surface area (Å²) in [6, 6.07) is 8.59. The Bertz CT molecular complexity index is 931. The molecular formula is C23H30N6. The molecule has 0 saturated carbocycles. The molecule has 0 bridgehead atoms. The van der Waals surface area contributed by atoms with Crippen molar-refractivity contribution in [2.45, 2.75) is 32.9 Å². The number of piperidine rings is 1. The van der Waals surface area contributed by atoms with Gasteiger partial charge in [0, 0.05) is 44.1 Å². The number of hydrogen-bond acceptors (Lipinski definition) is 5. The predicted molar refractivity (Wildman–Crippen MR) is 117 cm³/mol. The monoisotopic (exact) mass is 390 g/mol. The first-order valence-electron chi connectivity index (χ1n) is 10.4. The minimum atomic E-state index is 0.704. The minimum Gasteiger partial charge on any atom is -0.341 e. The molecule has 0 aliphatic carbocycles. The molecule has 1 atom stereocenters. The third-order valence-corrected chi connectivity index (χ3v) is 5.53. The number of aromatic nitrogens is 4. The third kappa shape index (κ3) is 4.65. The molecule has 0 amide bonds. The Morgan fingerprint density at radius 3 is 2.55 bits per heavy atom. The van der Waals surface area contributed by atoms with Crippen molar-refractivity contribution in [2.24, 2.45) is 5.92 Å². The molecule has 0 unspecified atom stereocenters. The van der Waals surface area contributed by atoms with Crippen molar-refractivity contribution in [1.82, 2.24) is 24.4 Å². The van der Waals surface area contributed by atoms with Crippen molar-refractivity contribution in [2.75, 3.05) is 32.1 Å². The highest BCUT2D eigenvalue weighted by Crippen LogP contribution is 2.23. The lowest BCUT2D eigenvalue weighted by Gasteiger charge is -2.30. The van der Waals surface area contributed by atoms with Gasteiger partial charge in [-0.25, -0.2) is 15.0 Å². The molecule has 3 aromatic rings. The normalized spacial score (nSPS) is 17.1. The summed E-state index contributed by atoms with van der Waals surface area (Å²) in [7, 11) is 4.20. The van der Waals surface area contributed by atoms with Gasteiger partial charge in [0.2, 0.25) is 5.95 Å². The van der Waals surface area contributed by atoms with Crippen LogP contribution >= 0.6 is 0 Å². The van der Waals surface area contributed by atoms with Gasteiger partial charge >= 0.3 is 0 Å². The number of benzene rings is 1. The molecule has 1 aliphatic rings. The van der Waals surface area contributed by atoms with E-state index < -0.39 is 0 Å². The van der Waals surface area contributed by atoms with Crippen molar-refractivity contribution >= 4 is 5.95 Å². The van der Waals surface area contributed by atoms with E-state index in [0.717, 1.165) is 43.4 Å². The fraction of sp³-hybridized carbons (Fsp3) is 0.435. The quantitative estimate of drug-likeness (QED) is 0.643. The second-order valence-corrected chi connectivity index (χ2v) is 8.38. The van der Waals surface area contributed by atoms with E-state index in [1.54, 1.807) is 0 Å². The Kier molecular flexibility index (Phi) is 5.90. The summed E-state index contributed by atoms with van der Waals surface area (Å²) in [5, 5.41) is 0. The standard InChI is InChI=1S/C23H30N6/c1-18-7-6-10-28(14-18)23-25-11-21(12-26-23)22-13-24-17-29(22)16-20-9-5-4-8-19(20)15-27(2)3/h4-5,8-9,11-13,17-18H,6-7,10,14-16H2,1-3H3/t18-/m1/s1. The highest BCUT2D eigenvalue weighted by atomic mass is 15.2. The van der Waals surface area contributed by atoms with Crippen LogP contribution in [-0.4, -0.2) is 51.6 Å². The molecule has 3 heterocycles. The SMILES string of the molecule is C[C@@H]1CCCN(c2ncc(-c3cncn3Cc3ccccc3CN(C)C)cn2)C1. The maximum absolute atomic E-state index is 4.66. The van der Waals surface area contributed by atoms with Crippen LogP contribution in [0.25, 0.3) is 11.3 Å². The zero-order chi connectivity index (χ0) is 20.2. The summed E-state index contributed by atoms with van der Waals surface area (Å²) in [6.45, 7) is 6.09. The van der Waals surface area contributed by atoms with E-state index in [4.69, 9.17) is 0 Å². The smallest absolute Gasteiger partial charge is 0.225 e. The lowest BCUT2D eigenvalue weighted by atomic mass is 10.0. The number of hydrogen-bond donors (Lipinski definition) is 0. The van der Waals surface area contributed by atoms with Crippen LogP contribution in [0.4, 0.5) is 5.95 Å². The third-order valence-electron chi connectivity index (χ3n) is 5.53. The summed E-state index contributed by atoms with van der Waals surface area (Å²) >= 11 is 0. The van der Waals surface area contributed by atoms with Crippen molar-refractivity contribution in [1.29, 1.82) is 0 Å². The maximum Gasteiger partial charge on any atom is 0.225 e. The van der Waals surface area contributed by atoms with Gasteiger partial charge in [0.25, 0.3) is 0 Å². The van der Waals surface area contributed by atoms with Gasteiger partial charge in [0.15, 0.2) is 0 Å². The Morgan fingerprint density at radius 2 is 1.83 bits per heavy atom. The summed E-state index contributed by atoms with van der Waals surface area (Å²) < 4.78 is 2.18. The first-order chi connectivity index (χ1) is 14.1. The van der Waals surface area contributed by atoms with E-state index in [-0.39, 0.29) is 0 Å². The molecule has 6 heteroatoms. The topological polar surface area (TPSA) is 50.1 Å². The maximum atomic E-state index is 4.66. The second-order valence-electron chi connectivity index (χ2n) is 8.38. The van der Waals surface area contributed by atoms with Gasteiger partial charge in [-0.1, -0.05) is 31.2 Å². The summed E-state index contributed by atoms with van der Waals surface area (Å²) in [5.74, 6) is 1.54. The molecule has 1 fully saturated rings. The Labute approximate surface area is 173 Å². The molecule has 4 rings (SSSR count). The lowest BCUT2D eigenvalue weighted by Crippen LogP contribution is -2.35. The molecule has 1 saturated heterocycles. The van der Waals surface area contributed by atoms with Crippen molar-refractivity contribution in [3.8, 4) is 11.3 Å². The lowest BCUT2D eigenvalue weighted by molar-refractivity contribution is 0.400. The second kappa shape index (κ2) is 8.74. The van der Waals surface area contributed by atoms with Crippen LogP contribution in [0.5, 0.6) is 0 Å². The number of nitrogens with zero attached hydrogens (tertiary/aromatic N) is 6. The van der Waals surface area contributed by atoms with Gasteiger partial charge < -0.3 is 14.4 Å². The van der Waals surface area contributed by atoms with E-state index in [9.17, 15) is 0 Å². The summed E-state index contributed by atoms with van der Waals surface area (Å²) in [4.78, 5) is 18.2. The molecule has 2 aromatic heterocycles. The van der Waals surface area contributed by atoms with Crippen LogP contribution < -0.4 is 4.90 Å². The molecule has 1 aromatic carbocycles. The number of rotatable bonds is 6. The Balaban J connectivity index is 1.54. The van der Waals surface area contributed by atoms with Crippen molar-refractivity contribution in [3.05, 3.63) is 60.3 Å². The highest BCUT2D eigenvalue weighted by Gasteiger charge is 2.19. The molecule has 0 N–H and O–H groups in total. The van der Waals surface area contributed by atoms with Crippen LogP contribution in [0.15, 0.2) is 49.2 Å². The van der Waals surface area contributed by atoms with Crippen molar-refractivity contribution < 1.29 is 0 Å². The number of imidazole rings is 1. The fourth-order valence-electron chi connectivity index (χ4n) is 4.07. The summed E-state index contributed by atoms with van der Waals surface area (Å²) in [5.41, 5.74) is 4.69. The first-order valence-corrected chi connectivity index (χ1v) is 10.4. The van der Waals surface area contributed by atoms with Crippen molar-refractivity contribution in [3.63, 3.8) is 0 Å². The Morgan fingerprint density at radius 1 is 1.07 bits per heavy atom. The van der Waals surface area contributed by atoms with E-state index in [0.29, 0.717) is 5.92 Å². The zero-order valence-corrected chi connectivity index (χ0v) is 17.6. The summed E-state index contributed by atoms with van der Waals surface area (Å²) in [6.07, 6.45) is 10.2. The zero-order valence-electron chi connectivity index (χ0n) is 17.6.